The molecule has 3 rings (SSSR count). The fraction of sp³-hybridized carbons (Fsp3) is 0.222. The van der Waals surface area contributed by atoms with Gasteiger partial charge in [0.05, 0.1) is 4.90 Å². The maximum Gasteiger partial charge on any atom is 0.227 e. The molecule has 0 spiro atoms. The summed E-state index contributed by atoms with van der Waals surface area (Å²) < 4.78 is 42.2. The monoisotopic (exact) mass is 375 g/mol. The van der Waals surface area contributed by atoms with Crippen molar-refractivity contribution in [3.8, 4) is 11.4 Å². The Morgan fingerprint density at radius 3 is 2.46 bits per heavy atom. The van der Waals surface area contributed by atoms with Gasteiger partial charge < -0.3 is 10.3 Å². The number of halogens is 1. The van der Waals surface area contributed by atoms with Crippen molar-refractivity contribution in [2.45, 2.75) is 17.2 Å². The summed E-state index contributed by atoms with van der Waals surface area (Å²) in [5.41, 5.74) is 6.92. The van der Waals surface area contributed by atoms with Crippen LogP contribution < -0.4 is 5.73 Å². The summed E-state index contributed by atoms with van der Waals surface area (Å²) in [6.07, 6.45) is 1.45. The Kier molecular flexibility index (Phi) is 5.15. The lowest BCUT2D eigenvalue weighted by Gasteiger charge is -2.13. The van der Waals surface area contributed by atoms with E-state index in [0.29, 0.717) is 29.3 Å². The second-order valence-electron chi connectivity index (χ2n) is 5.97. The summed E-state index contributed by atoms with van der Waals surface area (Å²) in [6.45, 7) is 0.238. The molecule has 6 nitrogen and oxygen atoms in total. The number of aromatic nitrogens is 2. The van der Waals surface area contributed by atoms with Crippen molar-refractivity contribution in [2.24, 2.45) is 5.73 Å². The molecular formula is C18H18FN3O3S. The van der Waals surface area contributed by atoms with E-state index in [9.17, 15) is 12.8 Å². The molecule has 26 heavy (non-hydrogen) atoms. The highest BCUT2D eigenvalue weighted by Crippen LogP contribution is 2.24. The van der Waals surface area contributed by atoms with Crippen molar-refractivity contribution in [2.75, 3.05) is 12.8 Å². The SMILES string of the molecule is CS(=O)(=O)c1ccc(-c2noc(CC(CN)c3ccccc3F)n2)cc1. The van der Waals surface area contributed by atoms with Crippen LogP contribution in [-0.2, 0) is 16.3 Å². The summed E-state index contributed by atoms with van der Waals surface area (Å²) in [6, 6.07) is 12.7. The minimum absolute atomic E-state index is 0.215. The highest BCUT2D eigenvalue weighted by atomic mass is 32.2. The predicted molar refractivity (Wildman–Crippen MR) is 94.7 cm³/mol. The van der Waals surface area contributed by atoms with Crippen molar-refractivity contribution in [1.82, 2.24) is 10.1 Å². The minimum atomic E-state index is -3.26. The zero-order valence-corrected chi connectivity index (χ0v) is 14.9. The number of nitrogens with zero attached hydrogens (tertiary/aromatic N) is 2. The zero-order chi connectivity index (χ0) is 18.7. The van der Waals surface area contributed by atoms with Crippen LogP contribution in [0.5, 0.6) is 0 Å². The Balaban J connectivity index is 1.80. The van der Waals surface area contributed by atoms with E-state index in [-0.39, 0.29) is 23.2 Å². The van der Waals surface area contributed by atoms with Crippen LogP contribution in [0.15, 0.2) is 57.9 Å². The van der Waals surface area contributed by atoms with Crippen molar-refractivity contribution in [3.05, 3.63) is 65.8 Å². The number of sulfone groups is 1. The van der Waals surface area contributed by atoms with Gasteiger partial charge in [0.1, 0.15) is 5.82 Å². The van der Waals surface area contributed by atoms with Crippen LogP contribution in [0.1, 0.15) is 17.4 Å². The van der Waals surface area contributed by atoms with Crippen LogP contribution >= 0.6 is 0 Å². The highest BCUT2D eigenvalue weighted by molar-refractivity contribution is 7.90. The smallest absolute Gasteiger partial charge is 0.227 e. The molecule has 0 saturated carbocycles. The maximum atomic E-state index is 14.0. The predicted octanol–water partition coefficient (Wildman–Crippen LogP) is 2.56. The molecule has 0 aliphatic carbocycles. The van der Waals surface area contributed by atoms with Crippen molar-refractivity contribution in [1.29, 1.82) is 0 Å². The summed E-state index contributed by atoms with van der Waals surface area (Å²) in [4.78, 5) is 4.53. The molecule has 0 radical (unpaired) electrons. The molecule has 1 heterocycles. The Bertz CT molecular complexity index is 1000. The normalized spacial score (nSPS) is 12.9. The molecule has 0 aliphatic heterocycles. The van der Waals surface area contributed by atoms with Gasteiger partial charge in [0.2, 0.25) is 11.7 Å². The fourth-order valence-corrected chi connectivity index (χ4v) is 3.27. The Morgan fingerprint density at radius 1 is 1.15 bits per heavy atom. The van der Waals surface area contributed by atoms with Crippen LogP contribution in [0, 0.1) is 5.82 Å². The van der Waals surface area contributed by atoms with Crippen LogP contribution in [0.2, 0.25) is 0 Å². The summed E-state index contributed by atoms with van der Waals surface area (Å²) >= 11 is 0. The van der Waals surface area contributed by atoms with Gasteiger partial charge in [0.25, 0.3) is 0 Å². The van der Waals surface area contributed by atoms with Gasteiger partial charge >= 0.3 is 0 Å². The Morgan fingerprint density at radius 2 is 1.85 bits per heavy atom. The Labute approximate surface area is 150 Å². The standard InChI is InChI=1S/C18H18FN3O3S/c1-26(23,24)14-8-6-12(7-9-14)18-21-17(25-22-18)10-13(11-20)15-4-2-3-5-16(15)19/h2-9,13H,10-11,20H2,1H3. The van der Waals surface area contributed by atoms with Gasteiger partial charge in [-0.25, -0.2) is 12.8 Å². The maximum absolute atomic E-state index is 14.0. The molecule has 1 atom stereocenters. The van der Waals surface area contributed by atoms with E-state index >= 15 is 0 Å². The largest absolute Gasteiger partial charge is 0.339 e. The van der Waals surface area contributed by atoms with Crippen LogP contribution in [0.25, 0.3) is 11.4 Å². The molecule has 1 unspecified atom stereocenters. The quantitative estimate of drug-likeness (QED) is 0.711. The van der Waals surface area contributed by atoms with E-state index in [1.165, 1.54) is 18.2 Å². The van der Waals surface area contributed by atoms with Gasteiger partial charge in [-0.2, -0.15) is 4.98 Å². The Hall–Kier alpha value is -2.58. The first-order valence-corrected chi connectivity index (χ1v) is 9.85. The van der Waals surface area contributed by atoms with Crippen LogP contribution in [-0.4, -0.2) is 31.4 Å². The third kappa shape index (κ3) is 3.97. The third-order valence-corrected chi connectivity index (χ3v) is 5.19. The molecule has 8 heteroatoms. The van der Waals surface area contributed by atoms with Crippen molar-refractivity contribution >= 4 is 9.84 Å². The van der Waals surface area contributed by atoms with Crippen LogP contribution in [0.4, 0.5) is 4.39 Å². The van der Waals surface area contributed by atoms with E-state index in [1.807, 2.05) is 0 Å². The highest BCUT2D eigenvalue weighted by Gasteiger charge is 2.19. The van der Waals surface area contributed by atoms with Gasteiger partial charge in [-0.05, 0) is 42.4 Å². The van der Waals surface area contributed by atoms with E-state index in [4.69, 9.17) is 10.3 Å². The molecule has 0 amide bonds. The van der Waals surface area contributed by atoms with Crippen molar-refractivity contribution < 1.29 is 17.3 Å². The number of hydrogen-bond donors (Lipinski definition) is 1. The second kappa shape index (κ2) is 7.35. The topological polar surface area (TPSA) is 99.1 Å². The molecule has 2 N–H and O–H groups in total. The van der Waals surface area contributed by atoms with Crippen LogP contribution in [0.3, 0.4) is 0 Å². The first-order chi connectivity index (χ1) is 12.4. The van der Waals surface area contributed by atoms with Gasteiger partial charge in [-0.15, -0.1) is 0 Å². The molecule has 0 bridgehead atoms. The molecular weight excluding hydrogens is 357 g/mol. The summed E-state index contributed by atoms with van der Waals surface area (Å²) in [5.74, 6) is 0.0754. The van der Waals surface area contributed by atoms with E-state index < -0.39 is 9.84 Å². The van der Waals surface area contributed by atoms with Gasteiger partial charge in [-0.3, -0.25) is 0 Å². The molecule has 1 aromatic heterocycles. The first-order valence-electron chi connectivity index (χ1n) is 7.96. The molecule has 2 aromatic carbocycles. The lowest BCUT2D eigenvalue weighted by molar-refractivity contribution is 0.368. The van der Waals surface area contributed by atoms with Gasteiger partial charge in [0, 0.05) is 24.2 Å². The van der Waals surface area contributed by atoms with E-state index in [0.717, 1.165) is 6.26 Å². The van der Waals surface area contributed by atoms with Gasteiger partial charge in [-0.1, -0.05) is 23.4 Å². The number of benzene rings is 2. The minimum Gasteiger partial charge on any atom is -0.339 e. The lowest BCUT2D eigenvalue weighted by atomic mass is 9.95. The lowest BCUT2D eigenvalue weighted by Crippen LogP contribution is -2.16. The molecule has 3 aromatic rings. The van der Waals surface area contributed by atoms with Gasteiger partial charge in [0.15, 0.2) is 9.84 Å². The molecule has 0 aliphatic rings. The fourth-order valence-electron chi connectivity index (χ4n) is 2.64. The second-order valence-corrected chi connectivity index (χ2v) is 7.98. The van der Waals surface area contributed by atoms with Crippen molar-refractivity contribution in [3.63, 3.8) is 0 Å². The average molecular weight is 375 g/mol. The molecule has 0 fully saturated rings. The average Bonchev–Trinajstić information content (AvgIpc) is 3.08. The van der Waals surface area contributed by atoms with E-state index in [2.05, 4.69) is 10.1 Å². The number of rotatable bonds is 6. The number of nitrogens with two attached hydrogens (primary N) is 1. The zero-order valence-electron chi connectivity index (χ0n) is 14.1. The summed E-state index contributed by atoms with van der Waals surface area (Å²) in [5, 5.41) is 3.91. The molecule has 0 saturated heterocycles. The third-order valence-electron chi connectivity index (χ3n) is 4.06. The molecule has 136 valence electrons. The summed E-state index contributed by atoms with van der Waals surface area (Å²) in [7, 11) is -3.26. The van der Waals surface area contributed by atoms with E-state index in [1.54, 1.807) is 30.3 Å². The number of hydrogen-bond acceptors (Lipinski definition) is 6. The first kappa shape index (κ1) is 18.2.